The third kappa shape index (κ3) is 2.30. The van der Waals surface area contributed by atoms with Crippen LogP contribution in [-0.2, 0) is 11.3 Å². The van der Waals surface area contributed by atoms with Crippen LogP contribution in [0, 0.1) is 5.41 Å². The van der Waals surface area contributed by atoms with Gasteiger partial charge in [-0.25, -0.2) is 9.89 Å². The van der Waals surface area contributed by atoms with E-state index in [4.69, 9.17) is 4.74 Å². The zero-order valence-electron chi connectivity index (χ0n) is 11.8. The molecule has 2 heterocycles. The summed E-state index contributed by atoms with van der Waals surface area (Å²) in [5, 5.41) is 16.4. The predicted octanol–water partition coefficient (Wildman–Crippen LogP) is -0.150. The number of H-pyrrole nitrogens is 2. The molecular weight excluding hydrogens is 260 g/mol. The van der Waals surface area contributed by atoms with Crippen LogP contribution in [0.15, 0.2) is 4.79 Å². The van der Waals surface area contributed by atoms with E-state index >= 15 is 0 Å². The maximum atomic E-state index is 11.0. The van der Waals surface area contributed by atoms with Gasteiger partial charge in [0.2, 0.25) is 0 Å². The number of aromatic amines is 2. The second kappa shape index (κ2) is 5.31. The van der Waals surface area contributed by atoms with Crippen molar-refractivity contribution in [2.24, 2.45) is 5.41 Å². The summed E-state index contributed by atoms with van der Waals surface area (Å²) in [6.07, 6.45) is 2.61. The van der Waals surface area contributed by atoms with Crippen molar-refractivity contribution >= 4 is 0 Å². The van der Waals surface area contributed by atoms with Gasteiger partial charge in [-0.3, -0.25) is 9.88 Å². The first-order valence-corrected chi connectivity index (χ1v) is 7.29. The smallest absolute Gasteiger partial charge is 0.340 e. The Kier molecular flexibility index (Phi) is 3.66. The third-order valence-electron chi connectivity index (χ3n) is 4.82. The van der Waals surface area contributed by atoms with Gasteiger partial charge in [-0.2, -0.15) is 5.10 Å². The molecule has 1 spiro atoms. The lowest BCUT2D eigenvalue weighted by atomic mass is 9.58. The summed E-state index contributed by atoms with van der Waals surface area (Å²) in [6.45, 7) is 5.15. The third-order valence-corrected chi connectivity index (χ3v) is 4.82. The Bertz CT molecular complexity index is 502. The number of aliphatic hydroxyl groups excluding tert-OH is 1. The van der Waals surface area contributed by atoms with Crippen molar-refractivity contribution in [3.05, 3.63) is 16.3 Å². The van der Waals surface area contributed by atoms with E-state index in [2.05, 4.69) is 20.1 Å². The summed E-state index contributed by atoms with van der Waals surface area (Å²) in [5.74, 6) is 0.668. The van der Waals surface area contributed by atoms with Gasteiger partial charge in [0.15, 0.2) is 0 Å². The highest BCUT2D eigenvalue weighted by atomic mass is 16.5. The highest BCUT2D eigenvalue weighted by Crippen LogP contribution is 2.50. The number of nitrogens with zero attached hydrogens (tertiary/aromatic N) is 2. The Hall–Kier alpha value is -1.18. The number of nitrogens with one attached hydrogen (secondary N) is 2. The van der Waals surface area contributed by atoms with E-state index in [1.54, 1.807) is 0 Å². The Morgan fingerprint density at radius 2 is 2.25 bits per heavy atom. The van der Waals surface area contributed by atoms with Crippen molar-refractivity contribution in [1.29, 1.82) is 0 Å². The molecule has 2 unspecified atom stereocenters. The van der Waals surface area contributed by atoms with Crippen molar-refractivity contribution in [3.8, 4) is 0 Å². The molecule has 2 fully saturated rings. The first-order valence-electron chi connectivity index (χ1n) is 7.29. The second-order valence-corrected chi connectivity index (χ2v) is 5.83. The van der Waals surface area contributed by atoms with Crippen molar-refractivity contribution in [2.75, 3.05) is 19.7 Å². The number of piperidine rings is 1. The number of hydrogen-bond donors (Lipinski definition) is 3. The molecule has 2 aliphatic rings. The molecule has 2 atom stereocenters. The topological polar surface area (TPSA) is 94.2 Å². The molecule has 20 heavy (non-hydrogen) atoms. The average Bonchev–Trinajstić information content (AvgIpc) is 2.85. The van der Waals surface area contributed by atoms with Gasteiger partial charge in [0.25, 0.3) is 0 Å². The SMILES string of the molecule is CCOC1CC(O)C12CCN(Cc1n[nH]c(=O)[nH]1)CC2. The molecule has 7 heteroatoms. The maximum Gasteiger partial charge on any atom is 0.340 e. The Morgan fingerprint density at radius 3 is 2.80 bits per heavy atom. The Labute approximate surface area is 117 Å². The van der Waals surface area contributed by atoms with Gasteiger partial charge in [-0.05, 0) is 32.9 Å². The number of rotatable bonds is 4. The normalized spacial score (nSPS) is 29.5. The molecule has 3 rings (SSSR count). The van der Waals surface area contributed by atoms with Gasteiger partial charge < -0.3 is 9.84 Å². The Morgan fingerprint density at radius 1 is 1.50 bits per heavy atom. The van der Waals surface area contributed by atoms with E-state index in [0.29, 0.717) is 19.0 Å². The van der Waals surface area contributed by atoms with E-state index in [9.17, 15) is 9.90 Å². The zero-order chi connectivity index (χ0) is 14.2. The van der Waals surface area contributed by atoms with Crippen molar-refractivity contribution in [2.45, 2.75) is 44.9 Å². The van der Waals surface area contributed by atoms with Gasteiger partial charge in [-0.15, -0.1) is 0 Å². The molecule has 1 aliphatic carbocycles. The molecule has 3 N–H and O–H groups in total. The fraction of sp³-hybridized carbons (Fsp3) is 0.846. The van der Waals surface area contributed by atoms with Crippen LogP contribution in [0.4, 0.5) is 0 Å². The van der Waals surface area contributed by atoms with Gasteiger partial charge >= 0.3 is 5.69 Å². The molecule has 1 saturated carbocycles. The molecule has 7 nitrogen and oxygen atoms in total. The zero-order valence-corrected chi connectivity index (χ0v) is 11.8. The quantitative estimate of drug-likeness (QED) is 0.714. The fourth-order valence-electron chi connectivity index (χ4n) is 3.54. The van der Waals surface area contributed by atoms with E-state index < -0.39 is 0 Å². The summed E-state index contributed by atoms with van der Waals surface area (Å²) in [6, 6.07) is 0. The first kappa shape index (κ1) is 13.8. The summed E-state index contributed by atoms with van der Waals surface area (Å²) < 4.78 is 5.76. The van der Waals surface area contributed by atoms with Crippen molar-refractivity contribution < 1.29 is 9.84 Å². The standard InChI is InChI=1S/C13H22N4O3/c1-2-20-10-7-9(18)13(10)3-5-17(6-4-13)8-11-14-12(19)16-15-11/h9-10,18H,2-8H2,1H3,(H2,14,15,16,19). The van der Waals surface area contributed by atoms with Crippen LogP contribution >= 0.6 is 0 Å². The molecule has 0 aromatic carbocycles. The first-order chi connectivity index (χ1) is 9.64. The minimum atomic E-state index is -0.265. The van der Waals surface area contributed by atoms with Crippen molar-refractivity contribution in [1.82, 2.24) is 20.1 Å². The van der Waals surface area contributed by atoms with E-state index in [1.165, 1.54) is 0 Å². The van der Waals surface area contributed by atoms with Gasteiger partial charge in [-0.1, -0.05) is 0 Å². The molecule has 0 amide bonds. The fourth-order valence-corrected chi connectivity index (χ4v) is 3.54. The van der Waals surface area contributed by atoms with Crippen LogP contribution < -0.4 is 5.69 Å². The van der Waals surface area contributed by atoms with Crippen LogP contribution in [0.2, 0.25) is 0 Å². The summed E-state index contributed by atoms with van der Waals surface area (Å²) in [5.41, 5.74) is -0.315. The van der Waals surface area contributed by atoms with Crippen LogP contribution in [0.3, 0.4) is 0 Å². The van der Waals surface area contributed by atoms with E-state index in [-0.39, 0.29) is 23.3 Å². The summed E-state index contributed by atoms with van der Waals surface area (Å²) >= 11 is 0. The second-order valence-electron chi connectivity index (χ2n) is 5.83. The molecule has 0 bridgehead atoms. The number of likely N-dealkylation sites (tertiary alicyclic amines) is 1. The maximum absolute atomic E-state index is 11.0. The molecule has 1 aromatic rings. The molecular formula is C13H22N4O3. The molecule has 1 aromatic heterocycles. The molecule has 112 valence electrons. The van der Waals surface area contributed by atoms with Crippen molar-refractivity contribution in [3.63, 3.8) is 0 Å². The van der Waals surface area contributed by atoms with Gasteiger partial charge in [0.05, 0.1) is 18.8 Å². The number of aromatic nitrogens is 3. The highest BCUT2D eigenvalue weighted by Gasteiger charge is 2.55. The van der Waals surface area contributed by atoms with Crippen LogP contribution in [0.1, 0.15) is 32.0 Å². The lowest BCUT2D eigenvalue weighted by Gasteiger charge is -2.56. The lowest BCUT2D eigenvalue weighted by Crippen LogP contribution is -2.62. The minimum Gasteiger partial charge on any atom is -0.392 e. The van der Waals surface area contributed by atoms with Crippen LogP contribution in [-0.4, -0.2) is 57.1 Å². The average molecular weight is 282 g/mol. The largest absolute Gasteiger partial charge is 0.392 e. The summed E-state index contributed by atoms with van der Waals surface area (Å²) in [4.78, 5) is 15.9. The summed E-state index contributed by atoms with van der Waals surface area (Å²) in [7, 11) is 0. The Balaban J connectivity index is 1.57. The van der Waals surface area contributed by atoms with Crippen LogP contribution in [0.5, 0.6) is 0 Å². The minimum absolute atomic E-state index is 0.0501. The van der Waals surface area contributed by atoms with E-state index in [1.807, 2.05) is 6.92 Å². The number of ether oxygens (including phenoxy) is 1. The predicted molar refractivity (Wildman–Crippen MR) is 72.2 cm³/mol. The molecule has 1 saturated heterocycles. The number of hydrogen-bond acceptors (Lipinski definition) is 5. The molecule has 0 radical (unpaired) electrons. The molecule has 1 aliphatic heterocycles. The lowest BCUT2D eigenvalue weighted by molar-refractivity contribution is -0.210. The monoisotopic (exact) mass is 282 g/mol. The van der Waals surface area contributed by atoms with E-state index in [0.717, 1.165) is 32.4 Å². The van der Waals surface area contributed by atoms with Crippen LogP contribution in [0.25, 0.3) is 0 Å². The van der Waals surface area contributed by atoms with Gasteiger partial charge in [0, 0.05) is 18.4 Å². The number of aliphatic hydroxyl groups is 1. The highest BCUT2D eigenvalue weighted by molar-refractivity contribution is 5.06. The van der Waals surface area contributed by atoms with Gasteiger partial charge in [0.1, 0.15) is 5.82 Å².